The number of ether oxygens (including phenoxy) is 2. The zero-order chi connectivity index (χ0) is 76.5. The lowest BCUT2D eigenvalue weighted by atomic mass is 9.96. The summed E-state index contributed by atoms with van der Waals surface area (Å²) in [5, 5.41) is 50.0. The van der Waals surface area contributed by atoms with Gasteiger partial charge < -0.3 is 51.0 Å². The number of aromatic nitrogens is 9. The molecule has 1 saturated carbocycles. The Labute approximate surface area is 620 Å². The van der Waals surface area contributed by atoms with Crippen molar-refractivity contribution in [3.63, 3.8) is 0 Å². The molecular formula is C80H105ClN14O10. The zero-order valence-electron chi connectivity index (χ0n) is 63.5. The number of aliphatic hydroxyl groups is 3. The van der Waals surface area contributed by atoms with Crippen LogP contribution in [0.4, 0.5) is 21.2 Å². The van der Waals surface area contributed by atoms with Gasteiger partial charge in [-0.15, -0.1) is 0 Å². The van der Waals surface area contributed by atoms with Crippen LogP contribution in [0.5, 0.6) is 0 Å². The molecule has 2 amide bonds. The first-order chi connectivity index (χ1) is 49.2. The quantitative estimate of drug-likeness (QED) is 0.0387. The largest absolute Gasteiger partial charge is 0.444 e. The molecule has 0 atom stereocenters. The Bertz CT molecular complexity index is 4490. The van der Waals surface area contributed by atoms with Crippen LogP contribution in [0.1, 0.15) is 223 Å². The topological polar surface area (TPSA) is 312 Å². The highest BCUT2D eigenvalue weighted by molar-refractivity contribution is 6.29. The molecule has 105 heavy (non-hydrogen) atoms. The van der Waals surface area contributed by atoms with E-state index in [1.165, 1.54) is 19.3 Å². The number of fused-ring (bicyclic) bond motifs is 3. The molecule has 9 aromatic rings. The van der Waals surface area contributed by atoms with Crippen molar-refractivity contribution >= 4 is 69.7 Å². The lowest BCUT2D eigenvalue weighted by Gasteiger charge is -2.34. The standard InChI is InChI=1S/C28H37N5O4.C23H29N5O2.C18H18ClN3O2.C11H21NO2/c1-18-15-24-29-22(16-23(34)19-7-9-20(10-8-19)28(5,6)36)17-25(33(24)31-18)32-13-11-21(12-14-32)30-26(35)37-27(2,3)4;1-15-12-21-25-19(13-20(29)16-4-6-17(7-5-16)23(2,3)30)14-22(28(21)26-15)27-10-8-18(24)9-11-27;1-11-8-17-20-14(10-16(19)22(17)21-11)9-15(23)12-4-6-13(7-5-12)18(2,3)24;1-11(2,3)14-10(13)12-9-7-5-4-6-8-9/h7-10,15,17,21,36H,11-14,16H2,1-6H3,(H,30,35);4-7,12,14,18,30H,8-11,13,24H2,1-3H3;4-8,10,24H,9H2,1-3H3;9H,4-8H2,1-3H3,(H,12,13). The number of ketones is 3. The van der Waals surface area contributed by atoms with Gasteiger partial charge >= 0.3 is 12.2 Å². The maximum Gasteiger partial charge on any atom is 0.407 e. The van der Waals surface area contributed by atoms with Gasteiger partial charge in [0.1, 0.15) is 28.0 Å². The van der Waals surface area contributed by atoms with E-state index in [2.05, 4.69) is 45.7 Å². The summed E-state index contributed by atoms with van der Waals surface area (Å²) in [4.78, 5) is 80.3. The van der Waals surface area contributed by atoms with E-state index in [-0.39, 0.29) is 54.8 Å². The summed E-state index contributed by atoms with van der Waals surface area (Å²) < 4.78 is 15.8. The molecule has 3 aliphatic rings. The third-order valence-corrected chi connectivity index (χ3v) is 18.5. The molecule has 12 rings (SSSR count). The highest BCUT2D eigenvalue weighted by Gasteiger charge is 2.29. The van der Waals surface area contributed by atoms with E-state index < -0.39 is 34.1 Å². The van der Waals surface area contributed by atoms with Crippen molar-refractivity contribution in [2.75, 3.05) is 36.0 Å². The third-order valence-electron chi connectivity index (χ3n) is 18.2. The molecule has 3 fully saturated rings. The molecule has 0 spiro atoms. The van der Waals surface area contributed by atoms with E-state index >= 15 is 0 Å². The van der Waals surface area contributed by atoms with Gasteiger partial charge in [-0.3, -0.25) is 14.4 Å². The summed E-state index contributed by atoms with van der Waals surface area (Å²) in [7, 11) is 0. The van der Waals surface area contributed by atoms with Gasteiger partial charge in [-0.2, -0.15) is 24.3 Å². The maximum absolute atomic E-state index is 13.1. The molecule has 0 bridgehead atoms. The fourth-order valence-electron chi connectivity index (χ4n) is 12.6. The van der Waals surface area contributed by atoms with E-state index in [4.69, 9.17) is 31.8 Å². The van der Waals surface area contributed by atoms with Crippen LogP contribution in [0.2, 0.25) is 5.15 Å². The predicted molar refractivity (Wildman–Crippen MR) is 408 cm³/mol. The molecule has 2 aliphatic heterocycles. The minimum Gasteiger partial charge on any atom is -0.444 e. The van der Waals surface area contributed by atoms with Crippen molar-refractivity contribution in [1.29, 1.82) is 0 Å². The van der Waals surface area contributed by atoms with Crippen LogP contribution in [0.15, 0.2) is 109 Å². The van der Waals surface area contributed by atoms with E-state index in [9.17, 15) is 39.3 Å². The summed E-state index contributed by atoms with van der Waals surface area (Å²) in [5.74, 6) is 1.74. The zero-order valence-corrected chi connectivity index (χ0v) is 64.3. The van der Waals surface area contributed by atoms with Crippen LogP contribution in [0, 0.1) is 20.8 Å². The first-order valence-corrected chi connectivity index (χ1v) is 36.7. The van der Waals surface area contributed by atoms with Crippen LogP contribution in [0.3, 0.4) is 0 Å². The number of halogens is 1. The minimum absolute atomic E-state index is 0.00278. The van der Waals surface area contributed by atoms with Gasteiger partial charge in [0.05, 0.1) is 70.2 Å². The minimum atomic E-state index is -0.960. The smallest absolute Gasteiger partial charge is 0.407 e. The van der Waals surface area contributed by atoms with Crippen molar-refractivity contribution in [2.45, 2.75) is 227 Å². The summed E-state index contributed by atoms with van der Waals surface area (Å²) in [6, 6.07) is 33.0. The first kappa shape index (κ1) is 79.9. The number of nitrogens with zero attached hydrogens (tertiary/aromatic N) is 11. The maximum atomic E-state index is 13.1. The van der Waals surface area contributed by atoms with Gasteiger partial charge in [0.2, 0.25) is 0 Å². The highest BCUT2D eigenvalue weighted by atomic mass is 35.5. The number of carbonyl (C=O) groups is 5. The Morgan fingerprint density at radius 1 is 0.448 bits per heavy atom. The average Bonchev–Trinajstić information content (AvgIpc) is 1.71. The Hall–Kier alpha value is -9.20. The second-order valence-electron chi connectivity index (χ2n) is 31.4. The van der Waals surface area contributed by atoms with Crippen LogP contribution in [-0.2, 0) is 45.5 Å². The number of Topliss-reactive ketones (excluding diaryl/α,β-unsaturated/α-hetero) is 3. The van der Waals surface area contributed by atoms with E-state index in [1.54, 1.807) is 125 Å². The highest BCUT2D eigenvalue weighted by Crippen LogP contribution is 2.29. The van der Waals surface area contributed by atoms with Gasteiger partial charge in [0, 0.05) is 91.3 Å². The first-order valence-electron chi connectivity index (χ1n) is 36.3. The van der Waals surface area contributed by atoms with Gasteiger partial charge in [-0.25, -0.2) is 29.1 Å². The SMILES string of the molecule is CC(C)(C)OC(=O)NC1CCCCC1.Cc1cc2nc(CC(=O)c3ccc(C(C)(C)O)cc3)cc(Cl)n2n1.Cc1cc2nc(CC(=O)c3ccc(C(C)(C)O)cc3)cc(N3CCC(N)CC3)n2n1.Cc1cc2nc(CC(=O)c3ccc(C(C)(C)O)cc3)cc(N3CCC(NC(=O)OC(C)(C)C)CC3)n2n1. The fourth-order valence-corrected chi connectivity index (χ4v) is 12.9. The number of aryl methyl sites for hydroxylation is 3. The Morgan fingerprint density at radius 3 is 1.09 bits per heavy atom. The molecule has 2 saturated heterocycles. The van der Waals surface area contributed by atoms with Crippen molar-refractivity contribution in [1.82, 2.24) is 54.4 Å². The molecule has 24 nitrogen and oxygen atoms in total. The normalized spacial score (nSPS) is 15.1. The second kappa shape index (κ2) is 33.5. The van der Waals surface area contributed by atoms with E-state index in [1.807, 2.05) is 102 Å². The fraction of sp³-hybridized carbons (Fsp3) is 0.487. The van der Waals surface area contributed by atoms with Crippen molar-refractivity contribution in [3.05, 3.63) is 182 Å². The number of hydrogen-bond acceptors (Lipinski definition) is 19. The summed E-state index contributed by atoms with van der Waals surface area (Å²) in [6.07, 6.45) is 9.21. The summed E-state index contributed by atoms with van der Waals surface area (Å²) in [6.45, 7) is 30.4. The molecule has 3 aromatic carbocycles. The third kappa shape index (κ3) is 22.9. The lowest BCUT2D eigenvalue weighted by molar-refractivity contribution is 0.0483. The lowest BCUT2D eigenvalue weighted by Crippen LogP contribution is -2.46. The summed E-state index contributed by atoms with van der Waals surface area (Å²) >= 11 is 6.20. The van der Waals surface area contributed by atoms with Crippen LogP contribution >= 0.6 is 11.6 Å². The van der Waals surface area contributed by atoms with Crippen molar-refractivity contribution in [3.8, 4) is 0 Å². The number of benzene rings is 3. The molecule has 562 valence electrons. The molecule has 8 heterocycles. The molecule has 0 radical (unpaired) electrons. The van der Waals surface area contributed by atoms with Gasteiger partial charge in [0.15, 0.2) is 34.3 Å². The molecule has 25 heteroatoms. The van der Waals surface area contributed by atoms with Gasteiger partial charge in [-0.05, 0) is 165 Å². The number of nitrogens with one attached hydrogen (secondary N) is 2. The number of alkyl carbamates (subject to hydrolysis) is 2. The number of hydrogen-bond donors (Lipinski definition) is 6. The predicted octanol–water partition coefficient (Wildman–Crippen LogP) is 13.0. The van der Waals surface area contributed by atoms with Crippen LogP contribution in [0.25, 0.3) is 16.9 Å². The number of rotatable bonds is 16. The molecule has 6 aromatic heterocycles. The second-order valence-corrected chi connectivity index (χ2v) is 31.8. The Balaban J connectivity index is 0.000000170. The molecule has 7 N–H and O–H groups in total. The molecule has 1 aliphatic carbocycles. The van der Waals surface area contributed by atoms with Gasteiger partial charge in [-0.1, -0.05) is 104 Å². The number of amides is 2. The number of piperidine rings is 2. The van der Waals surface area contributed by atoms with E-state index in [0.29, 0.717) is 50.6 Å². The van der Waals surface area contributed by atoms with Crippen molar-refractivity contribution < 1.29 is 48.8 Å². The Morgan fingerprint density at radius 2 is 0.752 bits per heavy atom. The average molecular weight is 1460 g/mol. The summed E-state index contributed by atoms with van der Waals surface area (Å²) in [5.41, 5.74) is 13.0. The number of nitrogens with two attached hydrogens (primary N) is 1. The van der Waals surface area contributed by atoms with E-state index in [0.717, 1.165) is 121 Å². The number of anilines is 2. The van der Waals surface area contributed by atoms with Crippen molar-refractivity contribution in [2.24, 2.45) is 5.73 Å². The monoisotopic (exact) mass is 1460 g/mol. The molecule has 0 unspecified atom stereocenters. The van der Waals surface area contributed by atoms with Gasteiger partial charge in [0.25, 0.3) is 0 Å². The van der Waals surface area contributed by atoms with Crippen LogP contribution in [-0.4, -0.2) is 144 Å². The Kier molecular flexibility index (Phi) is 25.5. The molecular weight excluding hydrogens is 1350 g/mol. The van der Waals surface area contributed by atoms with Crippen LogP contribution < -0.4 is 26.2 Å². The number of carbonyl (C=O) groups excluding carboxylic acids is 5.